The van der Waals surface area contributed by atoms with Crippen LogP contribution in [0.1, 0.15) is 41.5 Å². The van der Waals surface area contributed by atoms with Gasteiger partial charge in [0, 0.05) is 25.1 Å². The summed E-state index contributed by atoms with van der Waals surface area (Å²) >= 11 is 0. The number of amides is 3. The third kappa shape index (κ3) is 5.74. The van der Waals surface area contributed by atoms with E-state index in [1.807, 2.05) is 24.3 Å². The topological polar surface area (TPSA) is 119 Å². The molecule has 0 saturated carbocycles. The Morgan fingerprint density at radius 2 is 1.78 bits per heavy atom. The van der Waals surface area contributed by atoms with Crippen molar-refractivity contribution in [2.24, 2.45) is 11.7 Å². The quantitative estimate of drug-likeness (QED) is 0.461. The zero-order valence-corrected chi connectivity index (χ0v) is 19.6. The average Bonchev–Trinajstić information content (AvgIpc) is 3.26. The first-order valence-corrected chi connectivity index (χ1v) is 11.5. The number of hydrogen-bond donors (Lipinski definition) is 1. The van der Waals surface area contributed by atoms with Crippen LogP contribution in [0.2, 0.25) is 0 Å². The maximum Gasteiger partial charge on any atom is 0.493 e. The highest BCUT2D eigenvalue weighted by Gasteiger charge is 2.47. The minimum atomic E-state index is -5.41. The van der Waals surface area contributed by atoms with Crippen LogP contribution in [0.3, 0.4) is 0 Å². The van der Waals surface area contributed by atoms with Crippen molar-refractivity contribution in [2.45, 2.75) is 51.7 Å². The monoisotopic (exact) mass is 519 g/mol. The fourth-order valence-corrected chi connectivity index (χ4v) is 4.32. The lowest BCUT2D eigenvalue weighted by molar-refractivity contribution is -0.236. The van der Waals surface area contributed by atoms with Gasteiger partial charge in [0.05, 0.1) is 6.54 Å². The average molecular weight is 519 g/mol. The molecule has 0 spiro atoms. The van der Waals surface area contributed by atoms with Crippen molar-refractivity contribution in [2.75, 3.05) is 0 Å². The highest BCUT2D eigenvalue weighted by atomic mass is 19.4. The molecule has 37 heavy (non-hydrogen) atoms. The second-order valence-corrected chi connectivity index (χ2v) is 8.75. The van der Waals surface area contributed by atoms with Crippen molar-refractivity contribution in [3.05, 3.63) is 64.7 Å². The van der Waals surface area contributed by atoms with E-state index < -0.39 is 35.8 Å². The molecular formula is C25H24F3N3O6. The molecule has 2 aliphatic rings. The molecule has 2 aliphatic heterocycles. The van der Waals surface area contributed by atoms with Crippen LogP contribution >= 0.6 is 0 Å². The number of imide groups is 1. The van der Waals surface area contributed by atoms with Crippen molar-refractivity contribution in [1.29, 1.82) is 0 Å². The number of carbonyl (C=O) groups excluding carboxylic acids is 4. The van der Waals surface area contributed by atoms with Gasteiger partial charge in [0.1, 0.15) is 18.3 Å². The molecule has 1 atom stereocenters. The zero-order chi connectivity index (χ0) is 26.7. The maximum atomic E-state index is 13.3. The summed E-state index contributed by atoms with van der Waals surface area (Å²) < 4.78 is 43.9. The summed E-state index contributed by atoms with van der Waals surface area (Å²) in [6, 6.07) is 12.9. The molecule has 1 fully saturated rings. The smallest absolute Gasteiger partial charge is 0.489 e. The summed E-state index contributed by atoms with van der Waals surface area (Å²) in [6.45, 7) is 0.909. The van der Waals surface area contributed by atoms with E-state index in [0.29, 0.717) is 12.3 Å². The third-order valence-corrected chi connectivity index (χ3v) is 6.19. The first-order valence-electron chi connectivity index (χ1n) is 11.5. The maximum absolute atomic E-state index is 13.3. The molecule has 1 saturated heterocycles. The van der Waals surface area contributed by atoms with E-state index in [9.17, 15) is 32.3 Å². The minimum Gasteiger partial charge on any atom is -0.489 e. The summed E-state index contributed by atoms with van der Waals surface area (Å²) in [5.74, 6) is -6.71. The van der Waals surface area contributed by atoms with Gasteiger partial charge in [-0.25, -0.2) is 4.79 Å². The SMILES string of the molecule is NCc1cccc(COc2cccc3c2CN(C(=O)[C@@H]2CCCC(=O)N(OC(=O)C(F)(F)F)C2=O)C3)c1. The predicted octanol–water partition coefficient (Wildman–Crippen LogP) is 2.74. The van der Waals surface area contributed by atoms with Gasteiger partial charge >= 0.3 is 12.1 Å². The molecule has 4 rings (SSSR count). The van der Waals surface area contributed by atoms with Crippen LogP contribution in [0, 0.1) is 5.92 Å². The first-order chi connectivity index (χ1) is 17.6. The Balaban J connectivity index is 1.47. The van der Waals surface area contributed by atoms with Crippen LogP contribution in [0.4, 0.5) is 13.2 Å². The number of hydroxylamine groups is 2. The van der Waals surface area contributed by atoms with Crippen LogP contribution in [0.5, 0.6) is 5.75 Å². The molecule has 0 aromatic heterocycles. The lowest BCUT2D eigenvalue weighted by atomic mass is 10.0. The molecule has 0 unspecified atom stereocenters. The summed E-state index contributed by atoms with van der Waals surface area (Å²) in [4.78, 5) is 54.9. The molecule has 3 amide bonds. The van der Waals surface area contributed by atoms with Crippen molar-refractivity contribution in [3.63, 3.8) is 0 Å². The van der Waals surface area contributed by atoms with Crippen molar-refractivity contribution in [1.82, 2.24) is 9.96 Å². The number of rotatable bonds is 6. The van der Waals surface area contributed by atoms with Gasteiger partial charge in [0.2, 0.25) is 5.91 Å². The molecular weight excluding hydrogens is 495 g/mol. The van der Waals surface area contributed by atoms with Gasteiger partial charge in [-0.1, -0.05) is 36.4 Å². The third-order valence-electron chi connectivity index (χ3n) is 6.19. The first kappa shape index (κ1) is 26.1. The second-order valence-electron chi connectivity index (χ2n) is 8.75. The fourth-order valence-electron chi connectivity index (χ4n) is 4.32. The van der Waals surface area contributed by atoms with E-state index in [1.54, 1.807) is 18.2 Å². The Bertz CT molecular complexity index is 1230. The molecule has 0 bridgehead atoms. The Morgan fingerprint density at radius 3 is 2.51 bits per heavy atom. The van der Waals surface area contributed by atoms with E-state index >= 15 is 0 Å². The van der Waals surface area contributed by atoms with Gasteiger partial charge in [-0.15, -0.1) is 5.06 Å². The molecule has 2 aromatic rings. The Labute approximate surface area is 209 Å². The molecule has 196 valence electrons. The van der Waals surface area contributed by atoms with E-state index in [2.05, 4.69) is 4.84 Å². The number of fused-ring (bicyclic) bond motifs is 1. The highest BCUT2D eigenvalue weighted by molar-refractivity contribution is 6.07. The highest BCUT2D eigenvalue weighted by Crippen LogP contribution is 2.34. The summed E-state index contributed by atoms with van der Waals surface area (Å²) in [7, 11) is 0. The molecule has 0 radical (unpaired) electrons. The van der Waals surface area contributed by atoms with E-state index in [-0.39, 0.29) is 44.0 Å². The van der Waals surface area contributed by atoms with Gasteiger partial charge in [-0.3, -0.25) is 14.4 Å². The largest absolute Gasteiger partial charge is 0.493 e. The van der Waals surface area contributed by atoms with Gasteiger partial charge in [0.15, 0.2) is 0 Å². The minimum absolute atomic E-state index is 0.0675. The Kier molecular flexibility index (Phi) is 7.48. The van der Waals surface area contributed by atoms with Crippen molar-refractivity contribution < 1.29 is 41.9 Å². The molecule has 12 heteroatoms. The summed E-state index contributed by atoms with van der Waals surface area (Å²) in [5, 5.41) is -0.224. The predicted molar refractivity (Wildman–Crippen MR) is 121 cm³/mol. The van der Waals surface area contributed by atoms with Gasteiger partial charge in [-0.05, 0) is 35.6 Å². The van der Waals surface area contributed by atoms with E-state index in [4.69, 9.17) is 10.5 Å². The van der Waals surface area contributed by atoms with E-state index in [0.717, 1.165) is 22.3 Å². The van der Waals surface area contributed by atoms with Crippen LogP contribution in [-0.4, -0.2) is 39.8 Å². The Hall–Kier alpha value is -3.93. The molecule has 2 aromatic carbocycles. The second kappa shape index (κ2) is 10.6. The normalized spacial score (nSPS) is 17.9. The Morgan fingerprint density at radius 1 is 1.05 bits per heavy atom. The number of ether oxygens (including phenoxy) is 1. The number of nitrogens with zero attached hydrogens (tertiary/aromatic N) is 2. The van der Waals surface area contributed by atoms with Crippen LogP contribution < -0.4 is 10.5 Å². The fraction of sp³-hybridized carbons (Fsp3) is 0.360. The van der Waals surface area contributed by atoms with Crippen LogP contribution in [0.25, 0.3) is 0 Å². The molecule has 2 N–H and O–H groups in total. The molecule has 0 aliphatic carbocycles. The lowest BCUT2D eigenvalue weighted by Gasteiger charge is -2.24. The van der Waals surface area contributed by atoms with Gasteiger partial charge in [0.25, 0.3) is 11.8 Å². The number of nitrogens with two attached hydrogens (primary N) is 1. The van der Waals surface area contributed by atoms with Crippen molar-refractivity contribution >= 4 is 23.7 Å². The molecule has 2 heterocycles. The number of benzene rings is 2. The van der Waals surface area contributed by atoms with Crippen molar-refractivity contribution in [3.8, 4) is 5.75 Å². The van der Waals surface area contributed by atoms with Crippen LogP contribution in [0.15, 0.2) is 42.5 Å². The van der Waals surface area contributed by atoms with Crippen LogP contribution in [-0.2, 0) is 50.3 Å². The zero-order valence-electron chi connectivity index (χ0n) is 19.6. The number of alkyl halides is 3. The number of carbonyl (C=O) groups is 4. The molecule has 9 nitrogen and oxygen atoms in total. The number of hydrogen-bond acceptors (Lipinski definition) is 7. The summed E-state index contributed by atoms with van der Waals surface area (Å²) in [6.07, 6.45) is -5.76. The standard InChI is InChI=1S/C25H24F3N3O6/c26-25(27,28)24(35)37-31-21(32)9-3-7-18(23(31)34)22(33)30-12-17-6-2-8-20(19(17)13-30)36-14-16-5-1-4-15(10-16)11-29/h1-2,4-6,8,10,18H,3,7,9,11-14,29H2/t18-/m0/s1. The summed E-state index contributed by atoms with van der Waals surface area (Å²) in [5.41, 5.74) is 9.08. The van der Waals surface area contributed by atoms with Gasteiger partial charge < -0.3 is 20.2 Å². The van der Waals surface area contributed by atoms with Gasteiger partial charge in [-0.2, -0.15) is 13.2 Å². The van der Waals surface area contributed by atoms with E-state index in [1.165, 1.54) is 4.90 Å². The lowest BCUT2D eigenvalue weighted by Crippen LogP contribution is -2.47. The number of halogens is 3.